The third-order valence-electron chi connectivity index (χ3n) is 6.84. The van der Waals surface area contributed by atoms with E-state index in [1.54, 1.807) is 6.07 Å². The summed E-state index contributed by atoms with van der Waals surface area (Å²) in [6.45, 7) is 10.8. The summed E-state index contributed by atoms with van der Waals surface area (Å²) >= 11 is 6.32. The number of nitrogens with zero attached hydrogens (tertiary/aromatic N) is 2. The Hall–Kier alpha value is -3.11. The molecule has 5 heteroatoms. The number of halogens is 2. The number of fused-ring (bicyclic) bond motifs is 1. The second-order valence-corrected chi connectivity index (χ2v) is 10.3. The molecule has 0 amide bonds. The highest BCUT2D eigenvalue weighted by Crippen LogP contribution is 2.39. The lowest BCUT2D eigenvalue weighted by Crippen LogP contribution is -2.30. The van der Waals surface area contributed by atoms with E-state index in [0.29, 0.717) is 16.1 Å². The molecule has 1 unspecified atom stereocenters. The molecule has 0 saturated heterocycles. The first-order valence-electron chi connectivity index (χ1n) is 12.6. The van der Waals surface area contributed by atoms with Crippen LogP contribution in [0.4, 0.5) is 10.1 Å². The summed E-state index contributed by atoms with van der Waals surface area (Å²) in [5.74, 6) is -0.319. The number of aryl methyl sites for hydroxylation is 1. The number of hydrogen-bond acceptors (Lipinski definition) is 3. The molecule has 2 aromatic carbocycles. The fourth-order valence-corrected chi connectivity index (χ4v) is 5.47. The molecule has 1 heterocycles. The molecule has 188 valence electrons. The molecule has 1 aromatic heterocycles. The molecule has 1 N–H and O–H groups in total. The minimum atomic E-state index is -0.319. The number of benzene rings is 2. The zero-order chi connectivity index (χ0) is 26.0. The molecule has 1 atom stereocenters. The second-order valence-electron chi connectivity index (χ2n) is 9.89. The molecule has 1 aliphatic rings. The van der Waals surface area contributed by atoms with Gasteiger partial charge in [0.05, 0.1) is 17.2 Å². The second kappa shape index (κ2) is 10.9. The first-order chi connectivity index (χ1) is 17.2. The fraction of sp³-hybridized carbons (Fsp3) is 0.323. The van der Waals surface area contributed by atoms with Crippen molar-refractivity contribution >= 4 is 33.9 Å². The summed E-state index contributed by atoms with van der Waals surface area (Å²) in [6.07, 6.45) is 10.6. The lowest BCUT2D eigenvalue weighted by Gasteiger charge is -2.28. The maximum Gasteiger partial charge on any atom is 0.133 e. The molecule has 1 aliphatic carbocycles. The van der Waals surface area contributed by atoms with Crippen LogP contribution in [0, 0.1) is 12.7 Å². The van der Waals surface area contributed by atoms with Gasteiger partial charge in [0.1, 0.15) is 5.82 Å². The van der Waals surface area contributed by atoms with Gasteiger partial charge >= 0.3 is 0 Å². The van der Waals surface area contributed by atoms with Gasteiger partial charge in [0.15, 0.2) is 0 Å². The van der Waals surface area contributed by atoms with E-state index in [1.165, 1.54) is 17.2 Å². The Kier molecular flexibility index (Phi) is 7.85. The Morgan fingerprint density at radius 2 is 2.00 bits per heavy atom. The molecule has 0 saturated carbocycles. The standard InChI is InChI=1S/C31H35ClFN3/c1-7-10-28(24-12-9-8-11-20(24)3)35-21(4)26-18-34-30-25(31(26)36(5)6)13-14-27(33)29(30)22-15-19(2)16-23(32)17-22/h9,12-18,28,35H,4,7-8,10-11H2,1-3,5-6H3. The maximum atomic E-state index is 15.2. The molecule has 3 aromatic rings. The van der Waals surface area contributed by atoms with Crippen LogP contribution < -0.4 is 10.2 Å². The van der Waals surface area contributed by atoms with Crippen LogP contribution in [0.5, 0.6) is 0 Å². The number of hydrogen-bond donors (Lipinski definition) is 1. The number of aromatic nitrogens is 1. The van der Waals surface area contributed by atoms with Crippen molar-refractivity contribution in [2.24, 2.45) is 0 Å². The Morgan fingerprint density at radius 3 is 2.67 bits per heavy atom. The lowest BCUT2D eigenvalue weighted by atomic mass is 9.90. The summed E-state index contributed by atoms with van der Waals surface area (Å²) in [4.78, 5) is 6.84. The molecule has 0 bridgehead atoms. The van der Waals surface area contributed by atoms with Crippen LogP contribution in [-0.2, 0) is 0 Å². The largest absolute Gasteiger partial charge is 0.378 e. The first-order valence-corrected chi connectivity index (χ1v) is 13.0. The zero-order valence-electron chi connectivity index (χ0n) is 21.9. The van der Waals surface area contributed by atoms with Crippen molar-refractivity contribution in [3.63, 3.8) is 0 Å². The van der Waals surface area contributed by atoms with E-state index in [9.17, 15) is 0 Å². The smallest absolute Gasteiger partial charge is 0.133 e. The van der Waals surface area contributed by atoms with Gasteiger partial charge in [-0.2, -0.15) is 0 Å². The summed E-state index contributed by atoms with van der Waals surface area (Å²) in [5.41, 5.74) is 8.22. The molecular formula is C31H35ClFN3. The van der Waals surface area contributed by atoms with Crippen LogP contribution in [-0.4, -0.2) is 25.1 Å². The van der Waals surface area contributed by atoms with Crippen molar-refractivity contribution in [2.75, 3.05) is 19.0 Å². The highest BCUT2D eigenvalue weighted by Gasteiger charge is 2.22. The summed E-state index contributed by atoms with van der Waals surface area (Å²) < 4.78 is 15.2. The van der Waals surface area contributed by atoms with E-state index in [2.05, 4.69) is 42.8 Å². The van der Waals surface area contributed by atoms with Crippen LogP contribution in [0.1, 0.15) is 50.7 Å². The van der Waals surface area contributed by atoms with Crippen molar-refractivity contribution in [2.45, 2.75) is 52.5 Å². The Labute approximate surface area is 219 Å². The number of anilines is 1. The van der Waals surface area contributed by atoms with Gasteiger partial charge in [0.25, 0.3) is 0 Å². The predicted molar refractivity (Wildman–Crippen MR) is 153 cm³/mol. The number of allylic oxidation sites excluding steroid dienone is 2. The van der Waals surface area contributed by atoms with Crippen LogP contribution in [0.15, 0.2) is 66.4 Å². The van der Waals surface area contributed by atoms with Gasteiger partial charge in [-0.1, -0.05) is 55.3 Å². The predicted octanol–water partition coefficient (Wildman–Crippen LogP) is 8.46. The van der Waals surface area contributed by atoms with Crippen molar-refractivity contribution in [3.05, 3.63) is 88.4 Å². The van der Waals surface area contributed by atoms with Crippen LogP contribution in [0.3, 0.4) is 0 Å². The average Bonchev–Trinajstić information content (AvgIpc) is 2.82. The Balaban J connectivity index is 1.82. The average molecular weight is 504 g/mol. The van der Waals surface area contributed by atoms with E-state index in [0.717, 1.165) is 59.1 Å². The van der Waals surface area contributed by atoms with Gasteiger partial charge in [-0.25, -0.2) is 4.39 Å². The Morgan fingerprint density at radius 1 is 1.22 bits per heavy atom. The van der Waals surface area contributed by atoms with E-state index < -0.39 is 0 Å². The topological polar surface area (TPSA) is 28.2 Å². The van der Waals surface area contributed by atoms with E-state index >= 15 is 4.39 Å². The van der Waals surface area contributed by atoms with Crippen molar-refractivity contribution in [3.8, 4) is 11.1 Å². The van der Waals surface area contributed by atoms with Gasteiger partial charge in [-0.05, 0) is 74.1 Å². The SMILES string of the molecule is C=C(NC(CCC)C1=C(C)CCC=C1)c1cnc2c(-c3cc(C)cc(Cl)c3)c(F)ccc2c1N(C)C. The van der Waals surface area contributed by atoms with Gasteiger partial charge in [-0.15, -0.1) is 0 Å². The van der Waals surface area contributed by atoms with Gasteiger partial charge in [-0.3, -0.25) is 4.98 Å². The monoisotopic (exact) mass is 503 g/mol. The quantitative estimate of drug-likeness (QED) is 0.334. The highest BCUT2D eigenvalue weighted by molar-refractivity contribution is 6.31. The molecule has 0 radical (unpaired) electrons. The van der Waals surface area contributed by atoms with E-state index in [4.69, 9.17) is 16.6 Å². The number of rotatable bonds is 8. The first kappa shape index (κ1) is 26.0. The van der Waals surface area contributed by atoms with Gasteiger partial charge in [0, 0.05) is 47.5 Å². The fourth-order valence-electron chi connectivity index (χ4n) is 5.18. The minimum Gasteiger partial charge on any atom is -0.378 e. The molecule has 36 heavy (non-hydrogen) atoms. The summed E-state index contributed by atoms with van der Waals surface area (Å²) in [5, 5.41) is 5.15. The Bertz CT molecular complexity index is 1350. The molecule has 0 spiro atoms. The third kappa shape index (κ3) is 5.19. The molecule has 3 nitrogen and oxygen atoms in total. The van der Waals surface area contributed by atoms with Crippen molar-refractivity contribution < 1.29 is 4.39 Å². The van der Waals surface area contributed by atoms with Crippen LogP contribution in [0.2, 0.25) is 5.02 Å². The van der Waals surface area contributed by atoms with E-state index in [-0.39, 0.29) is 11.9 Å². The summed E-state index contributed by atoms with van der Waals surface area (Å²) in [6, 6.07) is 9.11. The normalized spacial score (nSPS) is 14.3. The van der Waals surface area contributed by atoms with Crippen molar-refractivity contribution in [1.82, 2.24) is 10.3 Å². The maximum absolute atomic E-state index is 15.2. The van der Waals surface area contributed by atoms with Gasteiger partial charge in [0.2, 0.25) is 0 Å². The number of pyridine rings is 1. The van der Waals surface area contributed by atoms with Crippen LogP contribution >= 0.6 is 11.6 Å². The number of nitrogens with one attached hydrogen (secondary N) is 1. The molecular weight excluding hydrogens is 469 g/mol. The minimum absolute atomic E-state index is 0.183. The van der Waals surface area contributed by atoms with Gasteiger partial charge < -0.3 is 10.2 Å². The highest BCUT2D eigenvalue weighted by atomic mass is 35.5. The van der Waals surface area contributed by atoms with Crippen molar-refractivity contribution in [1.29, 1.82) is 0 Å². The molecule has 0 aliphatic heterocycles. The molecule has 4 rings (SSSR count). The zero-order valence-corrected chi connectivity index (χ0v) is 22.6. The summed E-state index contributed by atoms with van der Waals surface area (Å²) in [7, 11) is 4.00. The third-order valence-corrected chi connectivity index (χ3v) is 7.06. The van der Waals surface area contributed by atoms with Crippen LogP contribution in [0.25, 0.3) is 27.7 Å². The molecule has 0 fully saturated rings. The lowest BCUT2D eigenvalue weighted by molar-refractivity contribution is 0.608. The van der Waals surface area contributed by atoms with E-state index in [1.807, 2.05) is 45.4 Å².